The fourth-order valence-electron chi connectivity index (χ4n) is 1.62. The minimum absolute atomic E-state index is 0.0185. The maximum absolute atomic E-state index is 13.3. The van der Waals surface area contributed by atoms with E-state index in [-0.39, 0.29) is 12.5 Å². The lowest BCUT2D eigenvalue weighted by atomic mass is 10.1. The van der Waals surface area contributed by atoms with E-state index in [1.807, 2.05) is 19.2 Å². The Bertz CT molecular complexity index is 481. The van der Waals surface area contributed by atoms with Gasteiger partial charge in [0.2, 0.25) is 0 Å². The first kappa shape index (κ1) is 16.3. The molecule has 4 nitrogen and oxygen atoms in total. The third-order valence-electron chi connectivity index (χ3n) is 2.50. The Morgan fingerprint density at radius 2 is 1.80 bits per heavy atom. The average Bonchev–Trinajstić information content (AvgIpc) is 2.32. The fourth-order valence-corrected chi connectivity index (χ4v) is 1.62. The number of rotatable bonds is 5. The van der Waals surface area contributed by atoms with Gasteiger partial charge in [0.25, 0.3) is 0 Å². The summed E-state index contributed by atoms with van der Waals surface area (Å²) < 4.78 is 38.9. The van der Waals surface area contributed by atoms with Crippen LogP contribution in [0, 0.1) is 23.4 Å². The van der Waals surface area contributed by atoms with Gasteiger partial charge < -0.3 is 15.7 Å². The van der Waals surface area contributed by atoms with E-state index in [1.165, 1.54) is 0 Å². The van der Waals surface area contributed by atoms with Gasteiger partial charge in [-0.25, -0.2) is 18.0 Å². The molecule has 1 aromatic rings. The van der Waals surface area contributed by atoms with Crippen molar-refractivity contribution < 1.29 is 23.1 Å². The van der Waals surface area contributed by atoms with E-state index < -0.39 is 35.3 Å². The number of halogens is 3. The minimum atomic E-state index is -1.33. The van der Waals surface area contributed by atoms with Crippen molar-refractivity contribution in [2.45, 2.75) is 26.4 Å². The highest BCUT2D eigenvalue weighted by atomic mass is 19.2. The predicted molar refractivity (Wildman–Crippen MR) is 68.8 cm³/mol. The number of benzene rings is 1. The molecule has 1 aromatic carbocycles. The highest BCUT2D eigenvalue weighted by Crippen LogP contribution is 2.18. The predicted octanol–water partition coefficient (Wildman–Crippen LogP) is 2.63. The van der Waals surface area contributed by atoms with E-state index >= 15 is 0 Å². The van der Waals surface area contributed by atoms with E-state index in [9.17, 15) is 23.1 Å². The molecule has 1 atom stereocenters. The van der Waals surface area contributed by atoms with Crippen molar-refractivity contribution in [1.29, 1.82) is 0 Å². The van der Waals surface area contributed by atoms with Crippen LogP contribution in [-0.2, 0) is 0 Å². The highest BCUT2D eigenvalue weighted by molar-refractivity contribution is 5.89. The second-order valence-electron chi connectivity index (χ2n) is 4.86. The molecule has 0 bridgehead atoms. The lowest BCUT2D eigenvalue weighted by molar-refractivity contribution is 0.148. The largest absolute Gasteiger partial charge is 0.391 e. The Morgan fingerprint density at radius 1 is 1.20 bits per heavy atom. The average molecular weight is 290 g/mol. The minimum Gasteiger partial charge on any atom is -0.391 e. The Hall–Kier alpha value is -1.76. The summed E-state index contributed by atoms with van der Waals surface area (Å²) in [6, 6.07) is 0.0885. The number of hydrogen-bond donors (Lipinski definition) is 3. The zero-order valence-electron chi connectivity index (χ0n) is 11.2. The van der Waals surface area contributed by atoms with Gasteiger partial charge in [0.15, 0.2) is 11.6 Å². The topological polar surface area (TPSA) is 61.4 Å². The summed E-state index contributed by atoms with van der Waals surface area (Å²) in [4.78, 5) is 11.4. The van der Waals surface area contributed by atoms with Crippen molar-refractivity contribution >= 4 is 11.7 Å². The van der Waals surface area contributed by atoms with Crippen LogP contribution in [0.3, 0.4) is 0 Å². The lowest BCUT2D eigenvalue weighted by Gasteiger charge is -2.14. The standard InChI is InChI=1S/C13H17F3N2O2/c1-7(2)3-8(19)6-17-13(20)18-12-5-10(15)9(14)4-11(12)16/h4-5,7-8,19H,3,6H2,1-2H3,(H2,17,18,20). The number of aliphatic hydroxyl groups excluding tert-OH is 1. The van der Waals surface area contributed by atoms with Gasteiger partial charge in [0, 0.05) is 18.7 Å². The SMILES string of the molecule is CC(C)CC(O)CNC(=O)Nc1cc(F)c(F)cc1F. The third kappa shape index (κ3) is 5.08. The summed E-state index contributed by atoms with van der Waals surface area (Å²) in [5.74, 6) is -3.41. The van der Waals surface area contributed by atoms with Gasteiger partial charge in [-0.2, -0.15) is 0 Å². The molecule has 0 fully saturated rings. The van der Waals surface area contributed by atoms with Crippen LogP contribution in [-0.4, -0.2) is 23.8 Å². The van der Waals surface area contributed by atoms with E-state index in [2.05, 4.69) is 5.32 Å². The molecular formula is C13H17F3N2O2. The van der Waals surface area contributed by atoms with Crippen LogP contribution >= 0.6 is 0 Å². The lowest BCUT2D eigenvalue weighted by Crippen LogP contribution is -2.36. The van der Waals surface area contributed by atoms with Crippen molar-refractivity contribution in [2.24, 2.45) is 5.92 Å². The maximum atomic E-state index is 13.3. The zero-order chi connectivity index (χ0) is 15.3. The van der Waals surface area contributed by atoms with Crippen LogP contribution in [0.25, 0.3) is 0 Å². The van der Waals surface area contributed by atoms with E-state index in [1.54, 1.807) is 0 Å². The molecule has 0 radical (unpaired) electrons. The van der Waals surface area contributed by atoms with Crippen molar-refractivity contribution in [1.82, 2.24) is 5.32 Å². The number of amides is 2. The second-order valence-corrected chi connectivity index (χ2v) is 4.86. The van der Waals surface area contributed by atoms with Gasteiger partial charge in [0.1, 0.15) is 5.82 Å². The highest BCUT2D eigenvalue weighted by Gasteiger charge is 2.13. The van der Waals surface area contributed by atoms with Crippen LogP contribution in [0.15, 0.2) is 12.1 Å². The first-order valence-electron chi connectivity index (χ1n) is 6.17. The Labute approximate surface area is 115 Å². The maximum Gasteiger partial charge on any atom is 0.319 e. The van der Waals surface area contributed by atoms with Gasteiger partial charge in [-0.3, -0.25) is 0 Å². The molecule has 0 aliphatic rings. The number of hydrogen-bond acceptors (Lipinski definition) is 2. The number of carbonyl (C=O) groups is 1. The molecule has 0 heterocycles. The van der Waals surface area contributed by atoms with Crippen LogP contribution in [0.4, 0.5) is 23.7 Å². The van der Waals surface area contributed by atoms with Crippen LogP contribution in [0.2, 0.25) is 0 Å². The molecule has 0 spiro atoms. The molecule has 2 amide bonds. The Morgan fingerprint density at radius 3 is 2.40 bits per heavy atom. The number of carbonyl (C=O) groups excluding carboxylic acids is 1. The van der Waals surface area contributed by atoms with E-state index in [4.69, 9.17) is 0 Å². The molecule has 20 heavy (non-hydrogen) atoms. The van der Waals surface area contributed by atoms with Crippen molar-refractivity contribution in [3.8, 4) is 0 Å². The molecule has 1 rings (SSSR count). The summed E-state index contributed by atoms with van der Waals surface area (Å²) in [6.07, 6.45) is -0.227. The van der Waals surface area contributed by atoms with E-state index in [0.29, 0.717) is 18.6 Å². The summed E-state index contributed by atoms with van der Waals surface area (Å²) in [6.45, 7) is 3.81. The summed E-state index contributed by atoms with van der Waals surface area (Å²) in [7, 11) is 0. The van der Waals surface area contributed by atoms with E-state index in [0.717, 1.165) is 0 Å². The fraction of sp³-hybridized carbons (Fsp3) is 0.462. The monoisotopic (exact) mass is 290 g/mol. The molecule has 0 aliphatic heterocycles. The summed E-state index contributed by atoms with van der Waals surface area (Å²) in [5, 5.41) is 13.9. The molecule has 0 aromatic heterocycles. The molecule has 0 saturated heterocycles. The first-order valence-corrected chi connectivity index (χ1v) is 6.17. The zero-order valence-corrected chi connectivity index (χ0v) is 11.2. The van der Waals surface area contributed by atoms with Crippen molar-refractivity contribution in [3.63, 3.8) is 0 Å². The van der Waals surface area contributed by atoms with Gasteiger partial charge in [-0.05, 0) is 12.3 Å². The van der Waals surface area contributed by atoms with Gasteiger partial charge in [0.05, 0.1) is 11.8 Å². The third-order valence-corrected chi connectivity index (χ3v) is 2.50. The normalized spacial score (nSPS) is 12.3. The molecular weight excluding hydrogens is 273 g/mol. The van der Waals surface area contributed by atoms with Crippen molar-refractivity contribution in [3.05, 3.63) is 29.6 Å². The summed E-state index contributed by atoms with van der Waals surface area (Å²) >= 11 is 0. The molecule has 1 unspecified atom stereocenters. The Balaban J connectivity index is 2.53. The molecule has 112 valence electrons. The van der Waals surface area contributed by atoms with Crippen molar-refractivity contribution in [2.75, 3.05) is 11.9 Å². The smallest absolute Gasteiger partial charge is 0.319 e. The number of aliphatic hydroxyl groups is 1. The van der Waals surface area contributed by atoms with Gasteiger partial charge >= 0.3 is 6.03 Å². The number of nitrogens with one attached hydrogen (secondary N) is 2. The van der Waals surface area contributed by atoms with Crippen LogP contribution < -0.4 is 10.6 Å². The number of anilines is 1. The summed E-state index contributed by atoms with van der Waals surface area (Å²) in [5.41, 5.74) is -0.472. The molecule has 7 heteroatoms. The van der Waals surface area contributed by atoms with Gasteiger partial charge in [-0.1, -0.05) is 13.8 Å². The second kappa shape index (κ2) is 7.14. The Kier molecular flexibility index (Phi) is 5.82. The quantitative estimate of drug-likeness (QED) is 0.730. The molecule has 3 N–H and O–H groups in total. The number of urea groups is 1. The van der Waals surface area contributed by atoms with Gasteiger partial charge in [-0.15, -0.1) is 0 Å². The van der Waals surface area contributed by atoms with Crippen LogP contribution in [0.1, 0.15) is 20.3 Å². The van der Waals surface area contributed by atoms with Crippen LogP contribution in [0.5, 0.6) is 0 Å². The first-order chi connectivity index (χ1) is 9.29. The molecule has 0 saturated carbocycles. The molecule has 0 aliphatic carbocycles.